The highest BCUT2D eigenvalue weighted by atomic mass is 32.2. The van der Waals surface area contributed by atoms with Gasteiger partial charge in [0.1, 0.15) is 5.82 Å². The molecule has 2 aliphatic rings. The lowest BCUT2D eigenvalue weighted by Crippen LogP contribution is -2.43. The van der Waals surface area contributed by atoms with Gasteiger partial charge in [-0.15, -0.1) is 4.48 Å². The summed E-state index contributed by atoms with van der Waals surface area (Å²) >= 11 is 0. The maximum Gasteiger partial charge on any atom is 0.269 e. The zero-order chi connectivity index (χ0) is 13.7. The molecule has 2 fully saturated rings. The van der Waals surface area contributed by atoms with E-state index in [1.54, 1.807) is 0 Å². The molecule has 0 N–H and O–H groups in total. The third-order valence-corrected chi connectivity index (χ3v) is 6.08. The molecule has 19 heavy (non-hydrogen) atoms. The monoisotopic (exact) mass is 287 g/mol. The number of hydrogen-bond acceptors (Lipinski definition) is 2. The van der Waals surface area contributed by atoms with Crippen LogP contribution in [-0.2, 0) is 10.0 Å². The van der Waals surface area contributed by atoms with Gasteiger partial charge in [-0.2, -0.15) is 0 Å². The smallest absolute Gasteiger partial charge is 0.207 e. The summed E-state index contributed by atoms with van der Waals surface area (Å²) in [5.41, 5.74) is -0.863. The zero-order valence-electron chi connectivity index (χ0n) is 10.4. The Labute approximate surface area is 111 Å². The molecule has 0 spiro atoms. The Morgan fingerprint density at radius 2 is 1.74 bits per heavy atom. The van der Waals surface area contributed by atoms with Crippen LogP contribution in [-0.4, -0.2) is 18.5 Å². The Bertz CT molecular complexity index is 577. The normalized spacial score (nSPS) is 30.2. The van der Waals surface area contributed by atoms with E-state index >= 15 is 0 Å². The summed E-state index contributed by atoms with van der Waals surface area (Å²) in [6.07, 6.45) is 3.53. The molecule has 0 radical (unpaired) electrons. The number of rotatable bonds is 3. The van der Waals surface area contributed by atoms with Gasteiger partial charge in [0.2, 0.25) is 0 Å². The van der Waals surface area contributed by atoms with Gasteiger partial charge < -0.3 is 0 Å². The van der Waals surface area contributed by atoms with Crippen LogP contribution in [0.25, 0.3) is 0 Å². The summed E-state index contributed by atoms with van der Waals surface area (Å²) in [5, 5.41) is 0. The van der Waals surface area contributed by atoms with E-state index in [0.29, 0.717) is 25.2 Å². The molecule has 6 heteroatoms. The largest absolute Gasteiger partial charge is 0.269 e. The minimum absolute atomic E-state index is 0.0419. The van der Waals surface area contributed by atoms with Gasteiger partial charge in [-0.1, -0.05) is 0 Å². The van der Waals surface area contributed by atoms with Crippen LogP contribution in [0.5, 0.6) is 0 Å². The van der Waals surface area contributed by atoms with E-state index in [9.17, 15) is 17.3 Å². The average molecular weight is 287 g/mol. The van der Waals surface area contributed by atoms with E-state index in [0.717, 1.165) is 37.1 Å². The molecule has 0 atom stereocenters. The van der Waals surface area contributed by atoms with Gasteiger partial charge in [0.15, 0.2) is 0 Å². The summed E-state index contributed by atoms with van der Waals surface area (Å²) in [5.74, 6) is -0.0917. The number of nitrogens with zero attached hydrogens (tertiary/aromatic N) is 1. The molecule has 0 amide bonds. The van der Waals surface area contributed by atoms with Crippen molar-refractivity contribution in [2.75, 3.05) is 0 Å². The van der Waals surface area contributed by atoms with Gasteiger partial charge in [-0.05, 0) is 66.8 Å². The molecule has 3 nitrogen and oxygen atoms in total. The maximum absolute atomic E-state index is 14.5. The third kappa shape index (κ3) is 1.97. The molecule has 0 aliphatic heterocycles. The number of fused-ring (bicyclic) bond motifs is 2. The van der Waals surface area contributed by atoms with Crippen LogP contribution >= 0.6 is 0 Å². The van der Waals surface area contributed by atoms with Crippen LogP contribution in [0.15, 0.2) is 29.2 Å². The van der Waals surface area contributed by atoms with E-state index in [1.807, 2.05) is 0 Å². The van der Waals surface area contributed by atoms with Crippen LogP contribution in [0.1, 0.15) is 32.1 Å². The zero-order valence-corrected chi connectivity index (χ0v) is 11.2. The minimum atomic E-state index is -4.18. The molecule has 3 rings (SSSR count). The van der Waals surface area contributed by atoms with E-state index in [1.165, 1.54) is 0 Å². The molecule has 0 aromatic heterocycles. The van der Waals surface area contributed by atoms with Crippen LogP contribution in [0.4, 0.5) is 8.87 Å². The Morgan fingerprint density at radius 3 is 2.21 bits per heavy atom. The first-order chi connectivity index (χ1) is 8.94. The average Bonchev–Trinajstić information content (AvgIpc) is 3.00. The molecule has 0 saturated heterocycles. The second-order valence-electron chi connectivity index (χ2n) is 5.55. The lowest BCUT2D eigenvalue weighted by molar-refractivity contribution is 0.0132. The van der Waals surface area contributed by atoms with Gasteiger partial charge in [-0.3, -0.25) is 0 Å². The second-order valence-corrected chi connectivity index (χ2v) is 7.29. The highest BCUT2D eigenvalue weighted by molar-refractivity contribution is 7.89. The van der Waals surface area contributed by atoms with E-state index < -0.39 is 21.4 Å². The summed E-state index contributed by atoms with van der Waals surface area (Å²) in [6.45, 7) is 0. The van der Waals surface area contributed by atoms with Gasteiger partial charge >= 0.3 is 0 Å². The molecule has 1 aromatic carbocycles. The number of halogens is 2. The molecule has 2 bridgehead atoms. The summed E-state index contributed by atoms with van der Waals surface area (Å²) in [6, 6.07) is 4.28. The van der Waals surface area contributed by atoms with Gasteiger partial charge in [0.25, 0.3) is 10.0 Å². The maximum atomic E-state index is 14.5. The summed E-state index contributed by atoms with van der Waals surface area (Å²) in [7, 11) is -4.18. The molecule has 0 unspecified atom stereocenters. The van der Waals surface area contributed by atoms with Crippen molar-refractivity contribution < 1.29 is 17.3 Å². The lowest BCUT2D eigenvalue weighted by atomic mass is 9.95. The third-order valence-electron chi connectivity index (χ3n) is 4.40. The van der Waals surface area contributed by atoms with Crippen LogP contribution in [0.3, 0.4) is 0 Å². The quantitative estimate of drug-likeness (QED) is 0.801. The van der Waals surface area contributed by atoms with Crippen molar-refractivity contribution in [3.8, 4) is 0 Å². The van der Waals surface area contributed by atoms with Crippen molar-refractivity contribution in [2.45, 2.75) is 42.5 Å². The van der Waals surface area contributed by atoms with Gasteiger partial charge in [-0.25, -0.2) is 12.8 Å². The van der Waals surface area contributed by atoms with Crippen molar-refractivity contribution in [1.82, 2.24) is 4.53 Å². The van der Waals surface area contributed by atoms with Crippen LogP contribution < -0.4 is 0 Å². The number of sulfonamides is 1. The lowest BCUT2D eigenvalue weighted by Gasteiger charge is -2.31. The van der Waals surface area contributed by atoms with Crippen molar-refractivity contribution >= 4 is 10.0 Å². The second kappa shape index (κ2) is 4.24. The summed E-state index contributed by atoms with van der Waals surface area (Å²) < 4.78 is 51.9. The Morgan fingerprint density at radius 1 is 1.16 bits per heavy atom. The predicted molar refractivity (Wildman–Crippen MR) is 65.8 cm³/mol. The Hall–Kier alpha value is -1.01. The van der Waals surface area contributed by atoms with Crippen molar-refractivity contribution in [3.63, 3.8) is 0 Å². The van der Waals surface area contributed by atoms with Crippen molar-refractivity contribution in [2.24, 2.45) is 5.92 Å². The van der Waals surface area contributed by atoms with Crippen molar-refractivity contribution in [1.29, 1.82) is 0 Å². The molecule has 104 valence electrons. The van der Waals surface area contributed by atoms with Crippen molar-refractivity contribution in [3.05, 3.63) is 30.1 Å². The van der Waals surface area contributed by atoms with E-state index in [4.69, 9.17) is 0 Å². The topological polar surface area (TPSA) is 37.4 Å². The molecular weight excluding hydrogens is 272 g/mol. The first kappa shape index (κ1) is 13.0. The molecule has 2 aliphatic carbocycles. The van der Waals surface area contributed by atoms with Gasteiger partial charge in [0.05, 0.1) is 10.4 Å². The highest BCUT2D eigenvalue weighted by Gasteiger charge is 2.53. The fourth-order valence-corrected chi connectivity index (χ4v) is 4.79. The van der Waals surface area contributed by atoms with E-state index in [-0.39, 0.29) is 9.42 Å². The number of hydrogen-bond donors (Lipinski definition) is 0. The van der Waals surface area contributed by atoms with E-state index in [2.05, 4.69) is 0 Å². The predicted octanol–water partition coefficient (Wildman–Crippen LogP) is 3.03. The first-order valence-corrected chi connectivity index (χ1v) is 7.85. The van der Waals surface area contributed by atoms with Crippen LogP contribution in [0.2, 0.25) is 0 Å². The highest BCUT2D eigenvalue weighted by Crippen LogP contribution is 2.52. The summed E-state index contributed by atoms with van der Waals surface area (Å²) in [4.78, 5) is -0.193. The first-order valence-electron chi connectivity index (χ1n) is 6.41. The SMILES string of the molecule is O=S(=O)(c1ccc(F)cc1)N(F)C12CCC(CC1)C2. The fourth-order valence-electron chi connectivity index (χ4n) is 3.36. The molecule has 2 saturated carbocycles. The standard InChI is InChI=1S/C13H15F2NO2S/c14-11-1-3-12(4-2-11)19(17,18)16(15)13-7-5-10(9-13)6-8-13/h1-4,10H,5-9H2. The fraction of sp³-hybridized carbons (Fsp3) is 0.538. The van der Waals surface area contributed by atoms with Crippen LogP contribution in [0, 0.1) is 11.7 Å². The molecule has 1 aromatic rings. The van der Waals surface area contributed by atoms with Gasteiger partial charge in [0, 0.05) is 0 Å². The Balaban J connectivity index is 1.94. The number of benzene rings is 1. The molecular formula is C13H15F2NO2S. The minimum Gasteiger partial charge on any atom is -0.207 e. The molecule has 0 heterocycles. The Kier molecular flexibility index (Phi) is 2.90.